The van der Waals surface area contributed by atoms with E-state index >= 15 is 0 Å². The van der Waals surface area contributed by atoms with Gasteiger partial charge in [-0.1, -0.05) is 72.5 Å². The molecule has 0 heterocycles. The summed E-state index contributed by atoms with van der Waals surface area (Å²) < 4.78 is 4.82. The van der Waals surface area contributed by atoms with Gasteiger partial charge in [0.05, 0.1) is 6.61 Å². The Morgan fingerprint density at radius 1 is 0.792 bits per heavy atom. The fourth-order valence-corrected chi connectivity index (χ4v) is 3.19. The second-order valence-electron chi connectivity index (χ2n) is 6.31. The van der Waals surface area contributed by atoms with Gasteiger partial charge in [-0.15, -0.1) is 0 Å². The van der Waals surface area contributed by atoms with E-state index in [0.717, 1.165) is 25.7 Å². The summed E-state index contributed by atoms with van der Waals surface area (Å²) in [5.41, 5.74) is 5.27. The number of hydrogen-bond acceptors (Lipinski definition) is 3. The molecule has 130 valence electrons. The van der Waals surface area contributed by atoms with Gasteiger partial charge in [-0.3, -0.25) is 0 Å². The molecule has 0 aliphatic carbocycles. The van der Waals surface area contributed by atoms with Crippen LogP contribution in [0.25, 0.3) is 0 Å². The molecular formula is C20H27O3P. The van der Waals surface area contributed by atoms with Crippen molar-refractivity contribution in [2.24, 2.45) is 0 Å². The Kier molecular flexibility index (Phi) is 7.87. The first-order valence-corrected chi connectivity index (χ1v) is 9.66. The lowest BCUT2D eigenvalue weighted by molar-refractivity contribution is 0.248. The highest BCUT2D eigenvalue weighted by atomic mass is 31.2. The number of aryl methyl sites for hydroxylation is 2. The highest BCUT2D eigenvalue weighted by Gasteiger charge is 2.14. The van der Waals surface area contributed by atoms with E-state index in [-0.39, 0.29) is 0 Å². The Labute approximate surface area is 146 Å². The second kappa shape index (κ2) is 9.90. The van der Waals surface area contributed by atoms with Crippen LogP contribution in [0.5, 0.6) is 0 Å². The average Bonchev–Trinajstić information content (AvgIpc) is 2.56. The van der Waals surface area contributed by atoms with Crippen LogP contribution in [-0.2, 0) is 4.52 Å². The lowest BCUT2D eigenvalue weighted by Gasteiger charge is -2.19. The van der Waals surface area contributed by atoms with Gasteiger partial charge < -0.3 is 14.3 Å². The maximum atomic E-state index is 8.74. The SMILES string of the molecule is Cc1ccc(C(CCCCCOP(O)O)c2ccc(C)cc2)cc1. The quantitative estimate of drug-likeness (QED) is 0.483. The summed E-state index contributed by atoms with van der Waals surface area (Å²) in [6.07, 6.45) is 4.05. The summed E-state index contributed by atoms with van der Waals surface area (Å²) in [6.45, 7) is 4.64. The molecule has 0 bridgehead atoms. The van der Waals surface area contributed by atoms with Gasteiger partial charge in [0.15, 0.2) is 0 Å². The van der Waals surface area contributed by atoms with E-state index in [2.05, 4.69) is 62.4 Å². The zero-order valence-corrected chi connectivity index (χ0v) is 15.4. The highest BCUT2D eigenvalue weighted by Crippen LogP contribution is 2.31. The lowest BCUT2D eigenvalue weighted by atomic mass is 9.86. The van der Waals surface area contributed by atoms with Crippen LogP contribution in [0.1, 0.15) is 53.9 Å². The Bertz CT molecular complexity index is 548. The monoisotopic (exact) mass is 346 g/mol. The van der Waals surface area contributed by atoms with E-state index in [1.165, 1.54) is 22.3 Å². The molecule has 24 heavy (non-hydrogen) atoms. The van der Waals surface area contributed by atoms with E-state index in [1.54, 1.807) is 0 Å². The van der Waals surface area contributed by atoms with Crippen LogP contribution in [0.4, 0.5) is 0 Å². The predicted octanol–water partition coefficient (Wildman–Crippen LogP) is 5.22. The van der Waals surface area contributed by atoms with Gasteiger partial charge in [0.25, 0.3) is 0 Å². The van der Waals surface area contributed by atoms with Gasteiger partial charge in [-0.2, -0.15) is 0 Å². The summed E-state index contributed by atoms with van der Waals surface area (Å²) in [5, 5.41) is 0. The molecule has 0 unspecified atom stereocenters. The van der Waals surface area contributed by atoms with Crippen LogP contribution in [0.15, 0.2) is 48.5 Å². The van der Waals surface area contributed by atoms with Crippen molar-refractivity contribution in [1.29, 1.82) is 0 Å². The summed E-state index contributed by atoms with van der Waals surface area (Å²) in [6, 6.07) is 17.6. The fourth-order valence-electron chi connectivity index (χ4n) is 2.90. The average molecular weight is 346 g/mol. The standard InChI is InChI=1S/C20H27O3P/c1-16-7-11-18(12-8-16)20(19-13-9-17(2)10-14-19)6-4-3-5-15-23-24(21)22/h7-14,20-22H,3-6,15H2,1-2H3. The van der Waals surface area contributed by atoms with Crippen molar-refractivity contribution in [3.05, 3.63) is 70.8 Å². The third-order valence-corrected chi connectivity index (χ3v) is 4.72. The Morgan fingerprint density at radius 3 is 1.75 bits per heavy atom. The molecule has 2 rings (SSSR count). The number of unbranched alkanes of at least 4 members (excludes halogenated alkanes) is 2. The van der Waals surface area contributed by atoms with E-state index in [0.29, 0.717) is 12.5 Å². The Morgan fingerprint density at radius 2 is 1.29 bits per heavy atom. The zero-order valence-electron chi connectivity index (χ0n) is 14.5. The molecule has 2 N–H and O–H groups in total. The number of hydrogen-bond donors (Lipinski definition) is 2. The van der Waals surface area contributed by atoms with Crippen LogP contribution in [0, 0.1) is 13.8 Å². The van der Waals surface area contributed by atoms with Crippen LogP contribution < -0.4 is 0 Å². The summed E-state index contributed by atoms with van der Waals surface area (Å²) in [5.74, 6) is 0.403. The summed E-state index contributed by atoms with van der Waals surface area (Å²) in [7, 11) is -2.21. The molecule has 0 atom stereocenters. The van der Waals surface area contributed by atoms with E-state index in [9.17, 15) is 0 Å². The highest BCUT2D eigenvalue weighted by molar-refractivity contribution is 7.39. The summed E-state index contributed by atoms with van der Waals surface area (Å²) in [4.78, 5) is 17.5. The normalized spacial score (nSPS) is 11.4. The van der Waals surface area contributed by atoms with E-state index in [4.69, 9.17) is 14.3 Å². The van der Waals surface area contributed by atoms with Crippen LogP contribution >= 0.6 is 8.60 Å². The molecule has 0 aliphatic rings. The molecule has 0 saturated carbocycles. The molecule has 0 aromatic heterocycles. The lowest BCUT2D eigenvalue weighted by Crippen LogP contribution is -2.02. The Hall–Kier alpha value is -1.25. The van der Waals surface area contributed by atoms with Crippen molar-refractivity contribution in [3.8, 4) is 0 Å². The zero-order chi connectivity index (χ0) is 17.4. The van der Waals surface area contributed by atoms with Gasteiger partial charge >= 0.3 is 8.60 Å². The van der Waals surface area contributed by atoms with Crippen molar-refractivity contribution in [2.45, 2.75) is 45.4 Å². The number of rotatable bonds is 9. The van der Waals surface area contributed by atoms with Crippen molar-refractivity contribution < 1.29 is 14.3 Å². The predicted molar refractivity (Wildman–Crippen MR) is 100.0 cm³/mol. The minimum absolute atomic E-state index is 0.403. The van der Waals surface area contributed by atoms with Gasteiger partial charge in [0, 0.05) is 5.92 Å². The first kappa shape index (κ1) is 19.1. The van der Waals surface area contributed by atoms with Gasteiger partial charge in [0.1, 0.15) is 0 Å². The maximum absolute atomic E-state index is 8.74. The minimum Gasteiger partial charge on any atom is -0.328 e. The molecule has 0 spiro atoms. The van der Waals surface area contributed by atoms with E-state index in [1.807, 2.05) is 0 Å². The van der Waals surface area contributed by atoms with Gasteiger partial charge in [0.2, 0.25) is 0 Å². The first-order chi connectivity index (χ1) is 11.6. The molecule has 0 fully saturated rings. The van der Waals surface area contributed by atoms with Crippen molar-refractivity contribution in [2.75, 3.05) is 6.61 Å². The van der Waals surface area contributed by atoms with Crippen molar-refractivity contribution in [3.63, 3.8) is 0 Å². The molecule has 0 amide bonds. The fraction of sp³-hybridized carbons (Fsp3) is 0.400. The molecule has 0 radical (unpaired) electrons. The third kappa shape index (κ3) is 6.33. The van der Waals surface area contributed by atoms with Crippen LogP contribution in [0.2, 0.25) is 0 Å². The van der Waals surface area contributed by atoms with Gasteiger partial charge in [-0.05, 0) is 37.8 Å². The maximum Gasteiger partial charge on any atom is 0.327 e. The minimum atomic E-state index is -2.21. The largest absolute Gasteiger partial charge is 0.328 e. The summed E-state index contributed by atoms with van der Waals surface area (Å²) >= 11 is 0. The molecule has 3 nitrogen and oxygen atoms in total. The third-order valence-electron chi connectivity index (χ3n) is 4.30. The van der Waals surface area contributed by atoms with Gasteiger partial charge in [-0.25, -0.2) is 0 Å². The molecule has 4 heteroatoms. The smallest absolute Gasteiger partial charge is 0.327 e. The topological polar surface area (TPSA) is 49.7 Å². The Balaban J connectivity index is 1.98. The first-order valence-electron chi connectivity index (χ1n) is 8.50. The molecule has 0 saturated heterocycles. The molecule has 0 aliphatic heterocycles. The second-order valence-corrected chi connectivity index (χ2v) is 7.07. The van der Waals surface area contributed by atoms with Crippen molar-refractivity contribution in [1.82, 2.24) is 0 Å². The van der Waals surface area contributed by atoms with Crippen LogP contribution in [-0.4, -0.2) is 16.4 Å². The van der Waals surface area contributed by atoms with E-state index < -0.39 is 8.60 Å². The number of benzene rings is 2. The van der Waals surface area contributed by atoms with Crippen molar-refractivity contribution >= 4 is 8.60 Å². The molecule has 2 aromatic carbocycles. The molecular weight excluding hydrogens is 319 g/mol. The molecule has 2 aromatic rings. The van der Waals surface area contributed by atoms with Crippen LogP contribution in [0.3, 0.4) is 0 Å².